The van der Waals surface area contributed by atoms with Crippen LogP contribution in [0.15, 0.2) is 18.2 Å². The summed E-state index contributed by atoms with van der Waals surface area (Å²) in [5, 5.41) is 20.1. The normalized spacial score (nSPS) is 12.4. The van der Waals surface area contributed by atoms with Gasteiger partial charge in [0, 0.05) is 6.07 Å². The minimum atomic E-state index is -0.616. The Balaban J connectivity index is 2.68. The minimum Gasteiger partial charge on any atom is -0.393 e. The highest BCUT2D eigenvalue weighted by molar-refractivity contribution is 5.35. The lowest BCUT2D eigenvalue weighted by atomic mass is 10.0. The largest absolute Gasteiger partial charge is 0.393 e. The van der Waals surface area contributed by atoms with E-state index in [1.807, 2.05) is 6.92 Å². The molecule has 94 valence electrons. The Bertz CT molecular complexity index is 395. The fourth-order valence-corrected chi connectivity index (χ4v) is 1.69. The molecule has 0 aromatic heterocycles. The molecular formula is C12H16FNO3. The van der Waals surface area contributed by atoms with Gasteiger partial charge >= 0.3 is 0 Å². The van der Waals surface area contributed by atoms with E-state index in [2.05, 4.69) is 0 Å². The molecule has 17 heavy (non-hydrogen) atoms. The van der Waals surface area contributed by atoms with Crippen LogP contribution >= 0.6 is 0 Å². The summed E-state index contributed by atoms with van der Waals surface area (Å²) in [6.07, 6.45) is 2.08. The highest BCUT2D eigenvalue weighted by Crippen LogP contribution is 2.18. The van der Waals surface area contributed by atoms with Crippen LogP contribution in [0.4, 0.5) is 10.1 Å². The molecule has 1 aromatic carbocycles. The van der Waals surface area contributed by atoms with Crippen molar-refractivity contribution in [3.63, 3.8) is 0 Å². The van der Waals surface area contributed by atoms with Gasteiger partial charge in [-0.1, -0.05) is 13.3 Å². The van der Waals surface area contributed by atoms with Crippen LogP contribution in [-0.2, 0) is 6.42 Å². The summed E-state index contributed by atoms with van der Waals surface area (Å²) in [4.78, 5) is 9.92. The summed E-state index contributed by atoms with van der Waals surface area (Å²) in [6, 6.07) is 3.51. The van der Waals surface area contributed by atoms with Gasteiger partial charge in [-0.25, -0.2) is 4.39 Å². The van der Waals surface area contributed by atoms with E-state index in [0.717, 1.165) is 12.5 Å². The molecule has 1 atom stereocenters. The van der Waals surface area contributed by atoms with Crippen molar-refractivity contribution >= 4 is 5.69 Å². The molecule has 0 spiro atoms. The smallest absolute Gasteiger partial charge is 0.272 e. The number of halogens is 1. The molecule has 1 aromatic rings. The Morgan fingerprint density at radius 2 is 2.12 bits per heavy atom. The van der Waals surface area contributed by atoms with Gasteiger partial charge in [0.2, 0.25) is 0 Å². The SMILES string of the molecule is CCCC(O)CCc1cc(F)cc([N+](=O)[O-])c1. The maximum Gasteiger partial charge on any atom is 0.272 e. The number of aliphatic hydroxyl groups is 1. The first-order valence-electron chi connectivity index (χ1n) is 5.65. The molecule has 1 N–H and O–H groups in total. The van der Waals surface area contributed by atoms with Crippen molar-refractivity contribution in [3.8, 4) is 0 Å². The summed E-state index contributed by atoms with van der Waals surface area (Å²) in [6.45, 7) is 1.97. The topological polar surface area (TPSA) is 63.4 Å². The Morgan fingerprint density at radius 3 is 2.71 bits per heavy atom. The molecule has 0 saturated heterocycles. The number of hydrogen-bond acceptors (Lipinski definition) is 3. The van der Waals surface area contributed by atoms with Crippen LogP contribution in [0, 0.1) is 15.9 Å². The Hall–Kier alpha value is -1.49. The number of aliphatic hydroxyl groups excluding tert-OH is 1. The lowest BCUT2D eigenvalue weighted by molar-refractivity contribution is -0.385. The van der Waals surface area contributed by atoms with Gasteiger partial charge in [-0.15, -0.1) is 0 Å². The zero-order valence-corrected chi connectivity index (χ0v) is 9.73. The molecule has 0 aliphatic carbocycles. The molecule has 0 amide bonds. The van der Waals surface area contributed by atoms with Gasteiger partial charge in [-0.2, -0.15) is 0 Å². The van der Waals surface area contributed by atoms with Crippen molar-refractivity contribution in [1.82, 2.24) is 0 Å². The zero-order chi connectivity index (χ0) is 12.8. The average molecular weight is 241 g/mol. The van der Waals surface area contributed by atoms with Crippen molar-refractivity contribution in [3.05, 3.63) is 39.7 Å². The quantitative estimate of drug-likeness (QED) is 0.615. The number of benzene rings is 1. The standard InChI is InChI=1S/C12H16FNO3/c1-2-3-12(15)5-4-9-6-10(13)8-11(7-9)14(16)17/h6-8,12,15H,2-5H2,1H3. The van der Waals surface area contributed by atoms with Crippen LogP contribution in [0.3, 0.4) is 0 Å². The zero-order valence-electron chi connectivity index (χ0n) is 9.73. The van der Waals surface area contributed by atoms with Crippen LogP contribution in [0.5, 0.6) is 0 Å². The van der Waals surface area contributed by atoms with E-state index in [1.165, 1.54) is 12.1 Å². The van der Waals surface area contributed by atoms with Crippen LogP contribution in [-0.4, -0.2) is 16.1 Å². The van der Waals surface area contributed by atoms with Crippen molar-refractivity contribution in [2.24, 2.45) is 0 Å². The maximum absolute atomic E-state index is 13.1. The number of nitro benzene ring substituents is 1. The molecule has 0 radical (unpaired) electrons. The van der Waals surface area contributed by atoms with E-state index in [4.69, 9.17) is 0 Å². The Labute approximate surface area is 99.2 Å². The third-order valence-corrected chi connectivity index (χ3v) is 2.54. The van der Waals surface area contributed by atoms with Crippen LogP contribution < -0.4 is 0 Å². The molecule has 0 saturated carbocycles. The molecule has 5 heteroatoms. The minimum absolute atomic E-state index is 0.245. The first-order chi connectivity index (χ1) is 8.02. The highest BCUT2D eigenvalue weighted by atomic mass is 19.1. The van der Waals surface area contributed by atoms with E-state index in [-0.39, 0.29) is 5.69 Å². The fourth-order valence-electron chi connectivity index (χ4n) is 1.69. The fraction of sp³-hybridized carbons (Fsp3) is 0.500. The third kappa shape index (κ3) is 4.48. The molecule has 0 heterocycles. The van der Waals surface area contributed by atoms with Gasteiger partial charge in [0.1, 0.15) is 5.82 Å². The molecule has 0 aliphatic heterocycles. The second-order valence-electron chi connectivity index (χ2n) is 4.06. The first kappa shape index (κ1) is 13.6. The van der Waals surface area contributed by atoms with Gasteiger partial charge in [0.25, 0.3) is 5.69 Å². The second-order valence-corrected chi connectivity index (χ2v) is 4.06. The molecule has 1 unspecified atom stereocenters. The molecule has 1 rings (SSSR count). The Kier molecular flexibility index (Phi) is 5.03. The predicted molar refractivity (Wildman–Crippen MR) is 62.3 cm³/mol. The number of hydrogen-bond donors (Lipinski definition) is 1. The lowest BCUT2D eigenvalue weighted by Crippen LogP contribution is -2.07. The molecular weight excluding hydrogens is 225 g/mol. The summed E-state index contributed by atoms with van der Waals surface area (Å²) >= 11 is 0. The van der Waals surface area contributed by atoms with E-state index >= 15 is 0 Å². The van der Waals surface area contributed by atoms with E-state index < -0.39 is 16.8 Å². The monoisotopic (exact) mass is 241 g/mol. The van der Waals surface area contributed by atoms with E-state index in [0.29, 0.717) is 24.8 Å². The number of aryl methyl sites for hydroxylation is 1. The maximum atomic E-state index is 13.1. The highest BCUT2D eigenvalue weighted by Gasteiger charge is 2.11. The van der Waals surface area contributed by atoms with Crippen molar-refractivity contribution < 1.29 is 14.4 Å². The number of rotatable bonds is 6. The average Bonchev–Trinajstić information content (AvgIpc) is 2.26. The van der Waals surface area contributed by atoms with Crippen LogP contribution in [0.2, 0.25) is 0 Å². The summed E-state index contributed by atoms with van der Waals surface area (Å²) < 4.78 is 13.1. The summed E-state index contributed by atoms with van der Waals surface area (Å²) in [7, 11) is 0. The summed E-state index contributed by atoms with van der Waals surface area (Å²) in [5.74, 6) is -0.612. The van der Waals surface area contributed by atoms with Crippen LogP contribution in [0.25, 0.3) is 0 Å². The number of nitrogens with zero attached hydrogens (tertiary/aromatic N) is 1. The van der Waals surface area contributed by atoms with Crippen molar-refractivity contribution in [2.75, 3.05) is 0 Å². The van der Waals surface area contributed by atoms with Gasteiger partial charge in [-0.3, -0.25) is 10.1 Å². The van der Waals surface area contributed by atoms with E-state index in [1.54, 1.807) is 0 Å². The lowest BCUT2D eigenvalue weighted by Gasteiger charge is -2.08. The van der Waals surface area contributed by atoms with Crippen LogP contribution in [0.1, 0.15) is 31.7 Å². The molecule has 0 bridgehead atoms. The van der Waals surface area contributed by atoms with Gasteiger partial charge in [-0.05, 0) is 30.9 Å². The second kappa shape index (κ2) is 6.30. The van der Waals surface area contributed by atoms with E-state index in [9.17, 15) is 19.6 Å². The molecule has 0 aliphatic rings. The van der Waals surface area contributed by atoms with Crippen molar-refractivity contribution in [1.29, 1.82) is 0 Å². The number of non-ortho nitro benzene ring substituents is 1. The number of nitro groups is 1. The summed E-state index contributed by atoms with van der Waals surface area (Å²) in [5.41, 5.74) is 0.303. The Morgan fingerprint density at radius 1 is 1.41 bits per heavy atom. The predicted octanol–water partition coefficient (Wildman–Crippen LogP) is 2.83. The molecule has 0 fully saturated rings. The van der Waals surface area contributed by atoms with Gasteiger partial charge < -0.3 is 5.11 Å². The third-order valence-electron chi connectivity index (χ3n) is 2.54. The van der Waals surface area contributed by atoms with Gasteiger partial charge in [0.15, 0.2) is 0 Å². The molecule has 4 nitrogen and oxygen atoms in total. The van der Waals surface area contributed by atoms with Gasteiger partial charge in [0.05, 0.1) is 17.1 Å². The van der Waals surface area contributed by atoms with Crippen molar-refractivity contribution in [2.45, 2.75) is 38.7 Å². The first-order valence-corrected chi connectivity index (χ1v) is 5.65.